The number of rotatable bonds is 2. The molecule has 0 saturated heterocycles. The molecule has 5 heteroatoms. The molecule has 1 aliphatic carbocycles. The van der Waals surface area contributed by atoms with Crippen LogP contribution in [0.1, 0.15) is 33.2 Å². The minimum absolute atomic E-state index is 0.0529. The summed E-state index contributed by atoms with van der Waals surface area (Å²) in [6, 6.07) is 10.3. The number of amides is 1. The van der Waals surface area contributed by atoms with Crippen LogP contribution in [0, 0.1) is 6.92 Å². The molecule has 2 atom stereocenters. The minimum Gasteiger partial charge on any atom is -0.390 e. The van der Waals surface area contributed by atoms with E-state index in [0.29, 0.717) is 12.1 Å². The average molecular weight is 284 g/mol. The van der Waals surface area contributed by atoms with Crippen LogP contribution in [0.25, 0.3) is 0 Å². The summed E-state index contributed by atoms with van der Waals surface area (Å²) in [7, 11) is 0. The Bertz CT molecular complexity index is 751. The fourth-order valence-corrected chi connectivity index (χ4v) is 2.72. The van der Waals surface area contributed by atoms with Gasteiger partial charge >= 0.3 is 0 Å². The van der Waals surface area contributed by atoms with Gasteiger partial charge in [-0.3, -0.25) is 9.59 Å². The van der Waals surface area contributed by atoms with E-state index in [4.69, 9.17) is 0 Å². The maximum Gasteiger partial charge on any atom is 0.260 e. The quantitative estimate of drug-likeness (QED) is 0.771. The Kier molecular flexibility index (Phi) is 3.35. The lowest BCUT2D eigenvalue weighted by atomic mass is 10.1. The highest BCUT2D eigenvalue weighted by molar-refractivity contribution is 5.94. The predicted octanol–water partition coefficient (Wildman–Crippen LogP) is 1.07. The van der Waals surface area contributed by atoms with Gasteiger partial charge in [-0.1, -0.05) is 24.3 Å². The largest absolute Gasteiger partial charge is 0.390 e. The number of aromatic amines is 1. The number of carbonyl (C=O) groups is 1. The number of aliphatic hydroxyl groups excluding tert-OH is 1. The van der Waals surface area contributed by atoms with Crippen molar-refractivity contribution in [3.63, 3.8) is 0 Å². The minimum atomic E-state index is -0.670. The van der Waals surface area contributed by atoms with Gasteiger partial charge in [-0.05, 0) is 30.2 Å². The molecule has 5 nitrogen and oxygen atoms in total. The molecular formula is C16H16N2O3. The zero-order valence-electron chi connectivity index (χ0n) is 11.6. The predicted molar refractivity (Wildman–Crippen MR) is 78.2 cm³/mol. The van der Waals surface area contributed by atoms with Crippen LogP contribution >= 0.6 is 0 Å². The first-order chi connectivity index (χ1) is 10.1. The van der Waals surface area contributed by atoms with E-state index in [1.165, 1.54) is 6.07 Å². The van der Waals surface area contributed by atoms with Gasteiger partial charge in [0.1, 0.15) is 5.56 Å². The molecule has 0 saturated carbocycles. The second-order valence-electron chi connectivity index (χ2n) is 5.31. The Balaban J connectivity index is 1.87. The second kappa shape index (κ2) is 5.18. The van der Waals surface area contributed by atoms with Gasteiger partial charge in [-0.15, -0.1) is 0 Å². The van der Waals surface area contributed by atoms with E-state index in [1.807, 2.05) is 24.3 Å². The van der Waals surface area contributed by atoms with Gasteiger partial charge in [0.2, 0.25) is 0 Å². The fraction of sp³-hybridized carbons (Fsp3) is 0.250. The number of H-pyrrole nitrogens is 1. The van der Waals surface area contributed by atoms with E-state index in [-0.39, 0.29) is 5.56 Å². The van der Waals surface area contributed by atoms with E-state index in [9.17, 15) is 14.7 Å². The molecule has 1 amide bonds. The standard InChI is InChI=1S/C16H16N2O3/c1-9-6-7-12(15(20)17-9)16(21)18-14-11-5-3-2-4-10(11)8-13(14)19/h2-7,13-14,19H,8H2,1H3,(H,17,20)(H,18,21)/t13-,14+/m1/s1. The summed E-state index contributed by atoms with van der Waals surface area (Å²) in [6.07, 6.45) is -0.165. The van der Waals surface area contributed by atoms with Crippen LogP contribution in [0.2, 0.25) is 0 Å². The molecule has 3 rings (SSSR count). The van der Waals surface area contributed by atoms with Crippen LogP contribution in [0.15, 0.2) is 41.2 Å². The van der Waals surface area contributed by atoms with Crippen molar-refractivity contribution in [3.05, 3.63) is 69.1 Å². The van der Waals surface area contributed by atoms with Crippen molar-refractivity contribution in [2.45, 2.75) is 25.5 Å². The van der Waals surface area contributed by atoms with Gasteiger partial charge in [0.15, 0.2) is 0 Å². The number of hydrogen-bond acceptors (Lipinski definition) is 3. The normalized spacial score (nSPS) is 20.1. The van der Waals surface area contributed by atoms with Gasteiger partial charge in [0.25, 0.3) is 11.5 Å². The SMILES string of the molecule is Cc1ccc(C(=O)N[C@H]2c3ccccc3C[C@H]2O)c(=O)[nH]1. The highest BCUT2D eigenvalue weighted by atomic mass is 16.3. The number of carbonyl (C=O) groups excluding carboxylic acids is 1. The molecule has 1 aliphatic rings. The topological polar surface area (TPSA) is 82.2 Å². The van der Waals surface area contributed by atoms with Crippen LogP contribution in [0.5, 0.6) is 0 Å². The van der Waals surface area contributed by atoms with Crippen molar-refractivity contribution in [1.29, 1.82) is 0 Å². The van der Waals surface area contributed by atoms with Crippen molar-refractivity contribution in [2.75, 3.05) is 0 Å². The summed E-state index contributed by atoms with van der Waals surface area (Å²) in [6.45, 7) is 1.75. The molecule has 1 heterocycles. The van der Waals surface area contributed by atoms with Crippen molar-refractivity contribution in [3.8, 4) is 0 Å². The van der Waals surface area contributed by atoms with Gasteiger partial charge in [-0.2, -0.15) is 0 Å². The van der Waals surface area contributed by atoms with Crippen LogP contribution in [-0.4, -0.2) is 22.1 Å². The zero-order chi connectivity index (χ0) is 15.0. The lowest BCUT2D eigenvalue weighted by Crippen LogP contribution is -2.36. The summed E-state index contributed by atoms with van der Waals surface area (Å²) < 4.78 is 0. The lowest BCUT2D eigenvalue weighted by molar-refractivity contribution is 0.0856. The van der Waals surface area contributed by atoms with E-state index >= 15 is 0 Å². The molecule has 3 N–H and O–H groups in total. The number of aromatic nitrogens is 1. The van der Waals surface area contributed by atoms with Crippen LogP contribution in [0.4, 0.5) is 0 Å². The van der Waals surface area contributed by atoms with E-state index < -0.39 is 23.6 Å². The second-order valence-corrected chi connectivity index (χ2v) is 5.31. The number of hydrogen-bond donors (Lipinski definition) is 3. The smallest absolute Gasteiger partial charge is 0.260 e. The maximum absolute atomic E-state index is 12.2. The Morgan fingerprint density at radius 2 is 2.05 bits per heavy atom. The molecule has 108 valence electrons. The summed E-state index contributed by atoms with van der Waals surface area (Å²) in [5.41, 5.74) is 2.25. The van der Waals surface area contributed by atoms with E-state index in [2.05, 4.69) is 10.3 Å². The van der Waals surface area contributed by atoms with Crippen LogP contribution < -0.4 is 10.9 Å². The summed E-state index contributed by atoms with van der Waals surface area (Å²) in [5, 5.41) is 12.9. The first-order valence-corrected chi connectivity index (χ1v) is 6.83. The number of aryl methyl sites for hydroxylation is 1. The number of nitrogens with one attached hydrogen (secondary N) is 2. The third-order valence-electron chi connectivity index (χ3n) is 3.79. The molecule has 0 unspecified atom stereocenters. The molecule has 0 radical (unpaired) electrons. The number of aliphatic hydroxyl groups is 1. The molecule has 1 aromatic carbocycles. The fourth-order valence-electron chi connectivity index (χ4n) is 2.72. The average Bonchev–Trinajstić information content (AvgIpc) is 2.75. The molecule has 1 aromatic heterocycles. The summed E-state index contributed by atoms with van der Waals surface area (Å²) in [5.74, 6) is -0.475. The summed E-state index contributed by atoms with van der Waals surface area (Å²) in [4.78, 5) is 26.6. The van der Waals surface area contributed by atoms with Crippen molar-refractivity contribution >= 4 is 5.91 Å². The first-order valence-electron chi connectivity index (χ1n) is 6.83. The molecule has 0 fully saturated rings. The molecule has 0 aliphatic heterocycles. The van der Waals surface area contributed by atoms with Crippen LogP contribution in [-0.2, 0) is 6.42 Å². The van der Waals surface area contributed by atoms with E-state index in [0.717, 1.165) is 11.1 Å². The summed E-state index contributed by atoms with van der Waals surface area (Å²) >= 11 is 0. The highest BCUT2D eigenvalue weighted by Gasteiger charge is 2.32. The Morgan fingerprint density at radius 1 is 1.29 bits per heavy atom. The Hall–Kier alpha value is -2.40. The number of benzene rings is 1. The Labute approximate surface area is 121 Å². The van der Waals surface area contributed by atoms with Gasteiger partial charge < -0.3 is 15.4 Å². The van der Waals surface area contributed by atoms with Crippen molar-refractivity contribution in [1.82, 2.24) is 10.3 Å². The van der Waals surface area contributed by atoms with E-state index in [1.54, 1.807) is 13.0 Å². The third-order valence-corrected chi connectivity index (χ3v) is 3.79. The number of fused-ring (bicyclic) bond motifs is 1. The lowest BCUT2D eigenvalue weighted by Gasteiger charge is -2.17. The van der Waals surface area contributed by atoms with Gasteiger partial charge in [0.05, 0.1) is 12.1 Å². The Morgan fingerprint density at radius 3 is 2.81 bits per heavy atom. The molecule has 21 heavy (non-hydrogen) atoms. The molecule has 0 spiro atoms. The monoisotopic (exact) mass is 284 g/mol. The van der Waals surface area contributed by atoms with Gasteiger partial charge in [-0.25, -0.2) is 0 Å². The van der Waals surface area contributed by atoms with Crippen molar-refractivity contribution < 1.29 is 9.90 Å². The molecule has 2 aromatic rings. The van der Waals surface area contributed by atoms with Gasteiger partial charge in [0, 0.05) is 12.1 Å². The van der Waals surface area contributed by atoms with Crippen molar-refractivity contribution in [2.24, 2.45) is 0 Å². The first kappa shape index (κ1) is 13.6. The van der Waals surface area contributed by atoms with Crippen LogP contribution in [0.3, 0.4) is 0 Å². The molecule has 0 bridgehead atoms. The third kappa shape index (κ3) is 2.48. The molecular weight excluding hydrogens is 268 g/mol. The number of pyridine rings is 1. The highest BCUT2D eigenvalue weighted by Crippen LogP contribution is 2.31. The maximum atomic E-state index is 12.2. The zero-order valence-corrected chi connectivity index (χ0v) is 11.6.